The Morgan fingerprint density at radius 2 is 2.13 bits per heavy atom. The van der Waals surface area contributed by atoms with Crippen LogP contribution >= 0.6 is 0 Å². The zero-order valence-corrected chi connectivity index (χ0v) is 13.7. The largest absolute Gasteiger partial charge is 0.496 e. The molecule has 6 heteroatoms. The van der Waals surface area contributed by atoms with Crippen LogP contribution in [0.2, 0.25) is 0 Å². The maximum Gasteiger partial charge on any atom is 0.326 e. The van der Waals surface area contributed by atoms with Crippen LogP contribution in [0.4, 0.5) is 0 Å². The number of likely N-dealkylation sites (tertiary alicyclic amines) is 1. The number of ether oxygens (including phenoxy) is 2. The number of hydrogen-bond donors (Lipinski definition) is 1. The maximum atomic E-state index is 12.3. The fourth-order valence-corrected chi connectivity index (χ4v) is 2.84. The van der Waals surface area contributed by atoms with Crippen LogP contribution in [-0.2, 0) is 9.59 Å². The summed E-state index contributed by atoms with van der Waals surface area (Å²) < 4.78 is 10.7. The number of rotatable bonds is 5. The van der Waals surface area contributed by atoms with Crippen LogP contribution in [0.1, 0.15) is 25.3 Å². The van der Waals surface area contributed by atoms with E-state index >= 15 is 0 Å². The van der Waals surface area contributed by atoms with Crippen molar-refractivity contribution in [3.63, 3.8) is 0 Å². The molecule has 0 aromatic heterocycles. The molecule has 1 fully saturated rings. The van der Waals surface area contributed by atoms with Crippen LogP contribution in [-0.4, -0.2) is 48.2 Å². The van der Waals surface area contributed by atoms with E-state index < -0.39 is 12.0 Å². The summed E-state index contributed by atoms with van der Waals surface area (Å²) in [4.78, 5) is 25.1. The van der Waals surface area contributed by atoms with E-state index in [4.69, 9.17) is 9.47 Å². The van der Waals surface area contributed by atoms with Gasteiger partial charge in [0, 0.05) is 6.54 Å². The highest BCUT2D eigenvalue weighted by Gasteiger charge is 2.34. The highest BCUT2D eigenvalue weighted by molar-refractivity contribution is 5.84. The Balaban J connectivity index is 1.98. The van der Waals surface area contributed by atoms with Gasteiger partial charge in [0.05, 0.1) is 7.11 Å². The number of carbonyl (C=O) groups excluding carboxylic acids is 1. The standard InChI is InChI=1S/C17H23NO5/c1-11-6-7-18(14(8-11)17(20)21)16(19)10-23-13-4-5-15(22-3)12(2)9-13/h4-5,9,11,14H,6-8,10H2,1-3H3,(H,20,21). The molecule has 0 aliphatic carbocycles. The monoisotopic (exact) mass is 321 g/mol. The molecule has 1 aromatic rings. The van der Waals surface area contributed by atoms with Crippen molar-refractivity contribution in [2.24, 2.45) is 5.92 Å². The number of piperidine rings is 1. The van der Waals surface area contributed by atoms with Gasteiger partial charge in [-0.15, -0.1) is 0 Å². The summed E-state index contributed by atoms with van der Waals surface area (Å²) in [6.07, 6.45) is 1.31. The fourth-order valence-electron chi connectivity index (χ4n) is 2.84. The first-order chi connectivity index (χ1) is 10.9. The number of carboxylic acids is 1. The molecule has 1 heterocycles. The van der Waals surface area contributed by atoms with Crippen LogP contribution in [0.5, 0.6) is 11.5 Å². The Bertz CT molecular complexity index is 586. The smallest absolute Gasteiger partial charge is 0.326 e. The summed E-state index contributed by atoms with van der Waals surface area (Å²) in [5.74, 6) is 0.377. The Kier molecular flexibility index (Phi) is 5.47. The van der Waals surface area contributed by atoms with Crippen LogP contribution in [0, 0.1) is 12.8 Å². The second-order valence-corrected chi connectivity index (χ2v) is 5.99. The van der Waals surface area contributed by atoms with Crippen molar-refractivity contribution in [3.05, 3.63) is 23.8 Å². The summed E-state index contributed by atoms with van der Waals surface area (Å²) in [6, 6.07) is 4.54. The van der Waals surface area contributed by atoms with Gasteiger partial charge in [-0.3, -0.25) is 4.79 Å². The molecule has 1 saturated heterocycles. The van der Waals surface area contributed by atoms with Gasteiger partial charge in [0.2, 0.25) is 0 Å². The predicted octanol–water partition coefficient (Wildman–Crippen LogP) is 2.09. The second-order valence-electron chi connectivity index (χ2n) is 5.99. The first kappa shape index (κ1) is 17.1. The molecule has 1 aromatic carbocycles. The SMILES string of the molecule is COc1ccc(OCC(=O)N2CCC(C)CC2C(=O)O)cc1C. The van der Waals surface area contributed by atoms with E-state index in [2.05, 4.69) is 0 Å². The minimum absolute atomic E-state index is 0.163. The van der Waals surface area contributed by atoms with Gasteiger partial charge in [-0.1, -0.05) is 6.92 Å². The number of carboxylic acid groups (broad SMARTS) is 1. The minimum Gasteiger partial charge on any atom is -0.496 e. The molecular formula is C17H23NO5. The number of carbonyl (C=O) groups is 2. The van der Waals surface area contributed by atoms with Crippen LogP contribution in [0.25, 0.3) is 0 Å². The quantitative estimate of drug-likeness (QED) is 0.899. The highest BCUT2D eigenvalue weighted by atomic mass is 16.5. The lowest BCUT2D eigenvalue weighted by molar-refractivity contribution is -0.153. The summed E-state index contributed by atoms with van der Waals surface area (Å²) in [5, 5.41) is 9.31. The lowest BCUT2D eigenvalue weighted by atomic mass is 9.92. The Hall–Kier alpha value is -2.24. The molecule has 1 amide bonds. The lowest BCUT2D eigenvalue weighted by Gasteiger charge is -2.35. The topological polar surface area (TPSA) is 76.1 Å². The molecule has 1 N–H and O–H groups in total. The number of amides is 1. The Morgan fingerprint density at radius 1 is 1.39 bits per heavy atom. The molecule has 1 aliphatic heterocycles. The van der Waals surface area contributed by atoms with Gasteiger partial charge in [0.15, 0.2) is 6.61 Å². The van der Waals surface area contributed by atoms with Crippen molar-refractivity contribution in [2.45, 2.75) is 32.7 Å². The van der Waals surface area contributed by atoms with Gasteiger partial charge in [0.25, 0.3) is 5.91 Å². The molecule has 126 valence electrons. The molecule has 0 bridgehead atoms. The maximum absolute atomic E-state index is 12.3. The first-order valence-corrected chi connectivity index (χ1v) is 7.72. The molecule has 0 saturated carbocycles. The molecule has 6 nitrogen and oxygen atoms in total. The van der Waals surface area contributed by atoms with E-state index in [-0.39, 0.29) is 12.5 Å². The van der Waals surface area contributed by atoms with E-state index in [1.165, 1.54) is 4.90 Å². The van der Waals surface area contributed by atoms with Gasteiger partial charge >= 0.3 is 5.97 Å². The highest BCUT2D eigenvalue weighted by Crippen LogP contribution is 2.25. The molecule has 2 unspecified atom stereocenters. The summed E-state index contributed by atoms with van der Waals surface area (Å²) >= 11 is 0. The second kappa shape index (κ2) is 7.35. The molecular weight excluding hydrogens is 298 g/mol. The van der Waals surface area contributed by atoms with Crippen LogP contribution in [0.15, 0.2) is 18.2 Å². The van der Waals surface area contributed by atoms with Crippen LogP contribution < -0.4 is 9.47 Å². The van der Waals surface area contributed by atoms with Gasteiger partial charge < -0.3 is 19.5 Å². The van der Waals surface area contributed by atoms with Crippen molar-refractivity contribution in [1.29, 1.82) is 0 Å². The van der Waals surface area contributed by atoms with E-state index in [9.17, 15) is 14.7 Å². The average molecular weight is 321 g/mol. The van der Waals surface area contributed by atoms with Gasteiger partial charge in [-0.05, 0) is 49.4 Å². The van der Waals surface area contributed by atoms with Crippen molar-refractivity contribution in [3.8, 4) is 11.5 Å². The lowest BCUT2D eigenvalue weighted by Crippen LogP contribution is -2.51. The van der Waals surface area contributed by atoms with E-state index in [1.807, 2.05) is 13.8 Å². The number of benzene rings is 1. The third-order valence-electron chi connectivity index (χ3n) is 4.20. The molecule has 2 atom stereocenters. The Labute approximate surface area is 136 Å². The van der Waals surface area contributed by atoms with E-state index in [1.54, 1.807) is 25.3 Å². The van der Waals surface area contributed by atoms with Gasteiger partial charge in [-0.2, -0.15) is 0 Å². The van der Waals surface area contributed by atoms with Crippen molar-refractivity contribution in [2.75, 3.05) is 20.3 Å². The first-order valence-electron chi connectivity index (χ1n) is 7.72. The number of hydrogen-bond acceptors (Lipinski definition) is 4. The third-order valence-corrected chi connectivity index (χ3v) is 4.20. The average Bonchev–Trinajstić information content (AvgIpc) is 2.52. The minimum atomic E-state index is -0.954. The Morgan fingerprint density at radius 3 is 2.74 bits per heavy atom. The zero-order valence-electron chi connectivity index (χ0n) is 13.7. The molecule has 1 aliphatic rings. The van der Waals surface area contributed by atoms with Crippen molar-refractivity contribution >= 4 is 11.9 Å². The zero-order chi connectivity index (χ0) is 17.0. The summed E-state index contributed by atoms with van der Waals surface area (Å²) in [5.41, 5.74) is 0.910. The molecule has 0 radical (unpaired) electrons. The van der Waals surface area contributed by atoms with Crippen molar-refractivity contribution < 1.29 is 24.2 Å². The normalized spacial score (nSPS) is 20.9. The fraction of sp³-hybridized carbons (Fsp3) is 0.529. The number of methoxy groups -OCH3 is 1. The van der Waals surface area contributed by atoms with Gasteiger partial charge in [0.1, 0.15) is 17.5 Å². The van der Waals surface area contributed by atoms with E-state index in [0.717, 1.165) is 17.7 Å². The molecule has 23 heavy (non-hydrogen) atoms. The third kappa shape index (κ3) is 4.15. The van der Waals surface area contributed by atoms with Gasteiger partial charge in [-0.25, -0.2) is 4.79 Å². The number of nitrogens with zero attached hydrogens (tertiary/aromatic N) is 1. The van der Waals surface area contributed by atoms with Crippen molar-refractivity contribution in [1.82, 2.24) is 4.90 Å². The number of aryl methyl sites for hydroxylation is 1. The molecule has 0 spiro atoms. The molecule has 2 rings (SSSR count). The summed E-state index contributed by atoms with van der Waals surface area (Å²) in [7, 11) is 1.59. The summed E-state index contributed by atoms with van der Waals surface area (Å²) in [6.45, 7) is 4.19. The van der Waals surface area contributed by atoms with Crippen LogP contribution in [0.3, 0.4) is 0 Å². The van der Waals surface area contributed by atoms with E-state index in [0.29, 0.717) is 24.6 Å². The number of aliphatic carboxylic acids is 1. The predicted molar refractivity (Wildman–Crippen MR) is 84.8 cm³/mol.